The zero-order chi connectivity index (χ0) is 13.9. The first-order valence-corrected chi connectivity index (χ1v) is 8.26. The average molecular weight is 346 g/mol. The van der Waals surface area contributed by atoms with Gasteiger partial charge in [0.05, 0.1) is 0 Å². The van der Waals surface area contributed by atoms with Crippen LogP contribution in [0.3, 0.4) is 0 Å². The number of carbonyl (C=O) groups is 1. The predicted octanol–water partition coefficient (Wildman–Crippen LogP) is 3.54. The number of carbonyl (C=O) groups excluding carboxylic acids is 1. The third-order valence-electron chi connectivity index (χ3n) is 2.71. The summed E-state index contributed by atoms with van der Waals surface area (Å²) in [6.07, 6.45) is 10.2. The molecule has 0 aliphatic rings. The Balaban J connectivity index is 0. The van der Waals surface area contributed by atoms with Crippen LogP contribution in [0.5, 0.6) is 0 Å². The van der Waals surface area contributed by atoms with Crippen LogP contribution in [0, 0.1) is 0 Å². The van der Waals surface area contributed by atoms with Gasteiger partial charge in [-0.2, -0.15) is 0 Å². The van der Waals surface area contributed by atoms with Gasteiger partial charge in [-0.25, -0.2) is 4.57 Å². The van der Waals surface area contributed by atoms with Gasteiger partial charge >= 0.3 is 13.8 Å². The van der Waals surface area contributed by atoms with Gasteiger partial charge in [-0.05, 0) is 6.42 Å². The molecule has 0 radical (unpaired) electrons. The van der Waals surface area contributed by atoms with Crippen molar-refractivity contribution in [3.63, 3.8) is 0 Å². The zero-order valence-corrected chi connectivity index (χ0v) is 15.7. The molecule has 0 atom stereocenters. The summed E-state index contributed by atoms with van der Waals surface area (Å²) in [6.45, 7) is 2.19. The van der Waals surface area contributed by atoms with Crippen molar-refractivity contribution < 1.29 is 43.1 Å². The van der Waals surface area contributed by atoms with Crippen LogP contribution in [0.1, 0.15) is 71.1 Å². The van der Waals surface area contributed by atoms with E-state index in [1.165, 1.54) is 32.1 Å². The molecule has 0 fully saturated rings. The second kappa shape index (κ2) is 13.2. The standard InChI is InChI=1S/C12H25O5P.Zn/c1-2-3-4-5-6-7-8-9-10-11-12(13)17-18(14,15)16;/h2-11H2,1H3,(H2,14,15,16);. The topological polar surface area (TPSA) is 83.8 Å². The first-order chi connectivity index (χ1) is 8.45. The molecule has 0 aromatic rings. The summed E-state index contributed by atoms with van der Waals surface area (Å²) in [5.41, 5.74) is 0. The molecule has 5 nitrogen and oxygen atoms in total. The largest absolute Gasteiger partial charge is 0.526 e. The molecule has 0 bridgehead atoms. The Kier molecular flexibility index (Phi) is 15.0. The number of hydrogen-bond acceptors (Lipinski definition) is 3. The first-order valence-electron chi connectivity index (χ1n) is 6.73. The summed E-state index contributed by atoms with van der Waals surface area (Å²) >= 11 is 0. The Morgan fingerprint density at radius 1 is 0.947 bits per heavy atom. The zero-order valence-electron chi connectivity index (χ0n) is 11.8. The number of hydrogen-bond donors (Lipinski definition) is 2. The van der Waals surface area contributed by atoms with Gasteiger partial charge in [0.1, 0.15) is 0 Å². The molecule has 0 rings (SSSR count). The van der Waals surface area contributed by atoms with E-state index < -0.39 is 13.8 Å². The van der Waals surface area contributed by atoms with E-state index in [2.05, 4.69) is 11.4 Å². The molecule has 2 N–H and O–H groups in total. The molecule has 0 unspecified atom stereocenters. The van der Waals surface area contributed by atoms with Crippen molar-refractivity contribution in [1.82, 2.24) is 0 Å². The summed E-state index contributed by atoms with van der Waals surface area (Å²) in [5, 5.41) is 0. The van der Waals surface area contributed by atoms with Gasteiger partial charge in [0.25, 0.3) is 0 Å². The van der Waals surface area contributed by atoms with Gasteiger partial charge in [-0.15, -0.1) is 0 Å². The number of phosphoric ester groups is 1. The van der Waals surface area contributed by atoms with E-state index in [4.69, 9.17) is 9.79 Å². The van der Waals surface area contributed by atoms with Crippen molar-refractivity contribution in [3.05, 3.63) is 0 Å². The quantitative estimate of drug-likeness (QED) is 0.340. The van der Waals surface area contributed by atoms with E-state index in [9.17, 15) is 9.36 Å². The fraction of sp³-hybridized carbons (Fsp3) is 0.917. The maximum atomic E-state index is 11.0. The minimum absolute atomic E-state index is 0. The summed E-state index contributed by atoms with van der Waals surface area (Å²) in [6, 6.07) is 0. The fourth-order valence-electron chi connectivity index (χ4n) is 1.76. The summed E-state index contributed by atoms with van der Waals surface area (Å²) < 4.78 is 14.3. The number of rotatable bonds is 11. The van der Waals surface area contributed by atoms with Crippen LogP contribution in [0.2, 0.25) is 0 Å². The predicted molar refractivity (Wildman–Crippen MR) is 70.0 cm³/mol. The summed E-state index contributed by atoms with van der Waals surface area (Å²) in [7, 11) is -4.65. The van der Waals surface area contributed by atoms with Crippen molar-refractivity contribution in [1.29, 1.82) is 0 Å². The molecule has 110 valence electrons. The molecule has 0 amide bonds. The second-order valence-corrected chi connectivity index (χ2v) is 5.70. The number of unbranched alkanes of at least 4 members (excludes halogenated alkanes) is 8. The average Bonchev–Trinajstić information content (AvgIpc) is 2.24. The van der Waals surface area contributed by atoms with Gasteiger partial charge in [0.2, 0.25) is 0 Å². The molecule has 0 spiro atoms. The van der Waals surface area contributed by atoms with Gasteiger partial charge in [-0.3, -0.25) is 14.6 Å². The molecule has 19 heavy (non-hydrogen) atoms. The van der Waals surface area contributed by atoms with E-state index >= 15 is 0 Å². The maximum Gasteiger partial charge on any atom is 0.526 e. The molecule has 0 heterocycles. The Bertz CT molecular complexity index is 267. The first kappa shape index (κ1) is 21.5. The Hall–Kier alpha value is 0.243. The monoisotopic (exact) mass is 344 g/mol. The van der Waals surface area contributed by atoms with Gasteiger partial charge in [0, 0.05) is 25.9 Å². The molecule has 7 heteroatoms. The Morgan fingerprint density at radius 3 is 1.79 bits per heavy atom. The smallest absolute Gasteiger partial charge is 0.371 e. The molecule has 0 aromatic carbocycles. The van der Waals surface area contributed by atoms with Crippen LogP contribution in [-0.2, 0) is 33.4 Å². The molecular formula is C12H25O5PZn. The van der Waals surface area contributed by atoms with Crippen molar-refractivity contribution in [2.45, 2.75) is 71.1 Å². The summed E-state index contributed by atoms with van der Waals surface area (Å²) in [5.74, 6) is -0.814. The van der Waals surface area contributed by atoms with Gasteiger partial charge in [-0.1, -0.05) is 58.3 Å². The van der Waals surface area contributed by atoms with E-state index in [1.807, 2.05) is 0 Å². The maximum absolute atomic E-state index is 11.0. The van der Waals surface area contributed by atoms with Crippen LogP contribution >= 0.6 is 7.82 Å². The molecule has 0 saturated carbocycles. The normalized spacial score (nSPS) is 10.9. The molecule has 0 aliphatic heterocycles. The van der Waals surface area contributed by atoms with Crippen LogP contribution in [0.15, 0.2) is 0 Å². The van der Waals surface area contributed by atoms with Crippen LogP contribution in [-0.4, -0.2) is 15.8 Å². The minimum atomic E-state index is -4.65. The third kappa shape index (κ3) is 18.2. The second-order valence-electron chi connectivity index (χ2n) is 4.53. The van der Waals surface area contributed by atoms with E-state index in [1.54, 1.807) is 0 Å². The van der Waals surface area contributed by atoms with Crippen LogP contribution in [0.4, 0.5) is 0 Å². The van der Waals surface area contributed by atoms with Gasteiger partial charge in [0.15, 0.2) is 0 Å². The van der Waals surface area contributed by atoms with Crippen molar-refractivity contribution in [2.75, 3.05) is 0 Å². The van der Waals surface area contributed by atoms with E-state index in [0.717, 1.165) is 19.3 Å². The van der Waals surface area contributed by atoms with Crippen LogP contribution < -0.4 is 0 Å². The molecule has 0 saturated heterocycles. The van der Waals surface area contributed by atoms with Crippen LogP contribution in [0.25, 0.3) is 0 Å². The van der Waals surface area contributed by atoms with Crippen molar-refractivity contribution in [3.8, 4) is 0 Å². The molecule has 0 aromatic heterocycles. The van der Waals surface area contributed by atoms with Gasteiger partial charge < -0.3 is 4.52 Å². The molecule has 0 aliphatic carbocycles. The van der Waals surface area contributed by atoms with Crippen molar-refractivity contribution >= 4 is 13.8 Å². The Labute approximate surface area is 128 Å². The molecular weight excluding hydrogens is 320 g/mol. The number of phosphoric acid groups is 1. The fourth-order valence-corrected chi connectivity index (χ4v) is 2.11. The van der Waals surface area contributed by atoms with E-state index in [0.29, 0.717) is 6.42 Å². The SMILES string of the molecule is CCCCCCCCCCCC(=O)OP(=O)(O)O.[Zn]. The van der Waals surface area contributed by atoms with Crippen molar-refractivity contribution in [2.24, 2.45) is 0 Å². The summed E-state index contributed by atoms with van der Waals surface area (Å²) in [4.78, 5) is 27.8. The third-order valence-corrected chi connectivity index (χ3v) is 3.15. The van der Waals surface area contributed by atoms with E-state index in [-0.39, 0.29) is 25.9 Å². The Morgan fingerprint density at radius 2 is 1.37 bits per heavy atom. The minimum Gasteiger partial charge on any atom is -0.371 e.